The van der Waals surface area contributed by atoms with E-state index in [1.807, 2.05) is 6.92 Å². The van der Waals surface area contributed by atoms with Gasteiger partial charge in [-0.2, -0.15) is 0 Å². The lowest BCUT2D eigenvalue weighted by molar-refractivity contribution is -0.387. The Hall–Kier alpha value is -2.48. The van der Waals surface area contributed by atoms with Gasteiger partial charge in [0.2, 0.25) is 0 Å². The van der Waals surface area contributed by atoms with Crippen LogP contribution in [0.4, 0.5) is 15.8 Å². The Bertz CT molecular complexity index is 882. The van der Waals surface area contributed by atoms with Gasteiger partial charge >= 0.3 is 0 Å². The van der Waals surface area contributed by atoms with Gasteiger partial charge in [0.15, 0.2) is 9.84 Å². The maximum absolute atomic E-state index is 13.1. The molecule has 0 atom stereocenters. The average Bonchev–Trinajstić information content (AvgIpc) is 2.48. The first kappa shape index (κ1) is 17.9. The van der Waals surface area contributed by atoms with Gasteiger partial charge in [-0.1, -0.05) is 6.07 Å². The first-order valence-corrected chi connectivity index (χ1v) is 9.05. The molecule has 1 N–H and O–H groups in total. The summed E-state index contributed by atoms with van der Waals surface area (Å²) in [6, 6.07) is 8.42. The molecule has 0 heterocycles. The van der Waals surface area contributed by atoms with Gasteiger partial charge in [-0.05, 0) is 48.7 Å². The fourth-order valence-electron chi connectivity index (χ4n) is 2.35. The van der Waals surface area contributed by atoms with Crippen molar-refractivity contribution in [3.05, 3.63) is 63.5 Å². The highest BCUT2D eigenvalue weighted by molar-refractivity contribution is 7.90. The molecule has 2 aromatic carbocycles. The highest BCUT2D eigenvalue weighted by Crippen LogP contribution is 2.27. The number of sulfone groups is 1. The van der Waals surface area contributed by atoms with E-state index in [1.165, 1.54) is 30.3 Å². The molecule has 0 bridgehead atoms. The molecule has 0 aromatic heterocycles. The van der Waals surface area contributed by atoms with Crippen molar-refractivity contribution in [2.45, 2.75) is 18.2 Å². The van der Waals surface area contributed by atoms with E-state index in [1.54, 1.807) is 6.07 Å². The van der Waals surface area contributed by atoms with Crippen LogP contribution in [0, 0.1) is 22.9 Å². The van der Waals surface area contributed by atoms with Gasteiger partial charge in [0, 0.05) is 24.6 Å². The van der Waals surface area contributed by atoms with Crippen molar-refractivity contribution < 1.29 is 17.7 Å². The van der Waals surface area contributed by atoms with Crippen molar-refractivity contribution in [3.8, 4) is 0 Å². The monoisotopic (exact) mass is 352 g/mol. The smallest absolute Gasteiger partial charge is 0.288 e. The zero-order chi connectivity index (χ0) is 17.9. The van der Waals surface area contributed by atoms with E-state index in [2.05, 4.69) is 5.32 Å². The van der Waals surface area contributed by atoms with E-state index in [0.717, 1.165) is 17.4 Å². The quantitative estimate of drug-likeness (QED) is 0.637. The number of nitro groups is 1. The topological polar surface area (TPSA) is 89.3 Å². The Morgan fingerprint density at radius 1 is 1.21 bits per heavy atom. The van der Waals surface area contributed by atoms with Crippen LogP contribution in [0.3, 0.4) is 0 Å². The Kier molecular flexibility index (Phi) is 5.18. The molecule has 0 saturated carbocycles. The summed E-state index contributed by atoms with van der Waals surface area (Å²) >= 11 is 0. The molecule has 0 aliphatic carbocycles. The van der Waals surface area contributed by atoms with E-state index in [4.69, 9.17) is 0 Å². The second-order valence-electron chi connectivity index (χ2n) is 5.46. The number of nitrogens with one attached hydrogen (secondary N) is 1. The fourth-order valence-corrected chi connectivity index (χ4v) is 3.22. The van der Waals surface area contributed by atoms with Crippen molar-refractivity contribution in [2.75, 3.05) is 18.1 Å². The first-order valence-electron chi connectivity index (χ1n) is 7.16. The Morgan fingerprint density at radius 3 is 2.50 bits per heavy atom. The van der Waals surface area contributed by atoms with E-state index in [-0.39, 0.29) is 10.7 Å². The van der Waals surface area contributed by atoms with E-state index >= 15 is 0 Å². The third kappa shape index (κ3) is 4.29. The molecule has 2 rings (SSSR count). The van der Waals surface area contributed by atoms with Gasteiger partial charge in [-0.15, -0.1) is 0 Å². The standard InChI is InChI=1S/C16H17FN2O4S/c1-11-9-13(17)4-3-12(11)7-8-18-14-5-6-15(19(20)21)16(10-14)24(2,22)23/h3-6,9-10,18H,7-8H2,1-2H3. The lowest BCUT2D eigenvalue weighted by Gasteiger charge is -2.10. The van der Waals surface area contributed by atoms with Crippen LogP contribution in [0.15, 0.2) is 41.3 Å². The number of benzene rings is 2. The molecule has 0 amide bonds. The summed E-state index contributed by atoms with van der Waals surface area (Å²) in [5, 5.41) is 14.0. The highest BCUT2D eigenvalue weighted by Gasteiger charge is 2.22. The summed E-state index contributed by atoms with van der Waals surface area (Å²) in [4.78, 5) is 9.89. The minimum absolute atomic E-state index is 0.294. The number of nitrogens with zero attached hydrogens (tertiary/aromatic N) is 1. The maximum atomic E-state index is 13.1. The summed E-state index contributed by atoms with van der Waals surface area (Å²) in [7, 11) is -3.71. The summed E-state index contributed by atoms with van der Waals surface area (Å²) in [5.74, 6) is -0.294. The molecule has 8 heteroatoms. The Morgan fingerprint density at radius 2 is 1.92 bits per heavy atom. The molecule has 0 aliphatic rings. The first-order chi connectivity index (χ1) is 11.2. The SMILES string of the molecule is Cc1cc(F)ccc1CCNc1ccc([N+](=O)[O-])c(S(C)(=O)=O)c1. The number of aryl methyl sites for hydroxylation is 1. The Labute approximate surface area is 139 Å². The van der Waals surface area contributed by atoms with E-state index < -0.39 is 20.4 Å². The minimum Gasteiger partial charge on any atom is -0.385 e. The molecule has 0 unspecified atom stereocenters. The predicted octanol–water partition coefficient (Wildman–Crippen LogP) is 3.10. The van der Waals surface area contributed by atoms with Gasteiger partial charge < -0.3 is 5.32 Å². The molecule has 0 radical (unpaired) electrons. The molecule has 0 aliphatic heterocycles. The highest BCUT2D eigenvalue weighted by atomic mass is 32.2. The van der Waals surface area contributed by atoms with Crippen LogP contribution in [-0.4, -0.2) is 26.1 Å². The molecule has 128 valence electrons. The molecule has 6 nitrogen and oxygen atoms in total. The van der Waals surface area contributed by atoms with Gasteiger partial charge in [0.25, 0.3) is 5.69 Å². The van der Waals surface area contributed by atoms with Crippen LogP contribution in [0.2, 0.25) is 0 Å². The second kappa shape index (κ2) is 6.96. The molecular weight excluding hydrogens is 335 g/mol. The minimum atomic E-state index is -3.71. The van der Waals surface area contributed by atoms with Crippen LogP contribution in [-0.2, 0) is 16.3 Å². The number of halogens is 1. The lowest BCUT2D eigenvalue weighted by Crippen LogP contribution is -2.08. The summed E-state index contributed by atoms with van der Waals surface area (Å²) in [6.45, 7) is 2.29. The van der Waals surface area contributed by atoms with Crippen LogP contribution in [0.25, 0.3) is 0 Å². The van der Waals surface area contributed by atoms with Gasteiger partial charge in [-0.3, -0.25) is 10.1 Å². The lowest BCUT2D eigenvalue weighted by atomic mass is 10.1. The summed E-state index contributed by atoms with van der Waals surface area (Å²) < 4.78 is 36.5. The van der Waals surface area contributed by atoms with Crippen LogP contribution in [0.1, 0.15) is 11.1 Å². The number of hydrogen-bond acceptors (Lipinski definition) is 5. The zero-order valence-electron chi connectivity index (χ0n) is 13.2. The normalized spacial score (nSPS) is 11.3. The van der Waals surface area contributed by atoms with E-state index in [0.29, 0.717) is 18.7 Å². The van der Waals surface area contributed by atoms with Crippen LogP contribution in [0.5, 0.6) is 0 Å². The van der Waals surface area contributed by atoms with Crippen molar-refractivity contribution in [3.63, 3.8) is 0 Å². The molecule has 2 aromatic rings. The predicted molar refractivity (Wildman–Crippen MR) is 89.5 cm³/mol. The fraction of sp³-hybridized carbons (Fsp3) is 0.250. The molecule has 24 heavy (non-hydrogen) atoms. The number of hydrogen-bond donors (Lipinski definition) is 1. The maximum Gasteiger partial charge on any atom is 0.288 e. The van der Waals surface area contributed by atoms with Crippen molar-refractivity contribution >= 4 is 21.2 Å². The number of nitro benzene ring substituents is 1. The van der Waals surface area contributed by atoms with Gasteiger partial charge in [0.1, 0.15) is 10.7 Å². The molecule has 0 saturated heterocycles. The average molecular weight is 352 g/mol. The van der Waals surface area contributed by atoms with Crippen LogP contribution >= 0.6 is 0 Å². The zero-order valence-corrected chi connectivity index (χ0v) is 14.1. The third-order valence-corrected chi connectivity index (χ3v) is 4.71. The number of rotatable bonds is 6. The van der Waals surface area contributed by atoms with Crippen LogP contribution < -0.4 is 5.32 Å². The molecular formula is C16H17FN2O4S. The van der Waals surface area contributed by atoms with Gasteiger partial charge in [-0.25, -0.2) is 12.8 Å². The van der Waals surface area contributed by atoms with Crippen molar-refractivity contribution in [1.29, 1.82) is 0 Å². The van der Waals surface area contributed by atoms with Gasteiger partial charge in [0.05, 0.1) is 4.92 Å². The second-order valence-corrected chi connectivity index (χ2v) is 7.44. The summed E-state index contributed by atoms with van der Waals surface area (Å²) in [6.07, 6.45) is 1.54. The third-order valence-electron chi connectivity index (χ3n) is 3.58. The summed E-state index contributed by atoms with van der Waals surface area (Å²) in [5.41, 5.74) is 1.82. The molecule has 0 spiro atoms. The van der Waals surface area contributed by atoms with E-state index in [9.17, 15) is 22.9 Å². The largest absolute Gasteiger partial charge is 0.385 e. The Balaban J connectivity index is 2.14. The van der Waals surface area contributed by atoms with Crippen molar-refractivity contribution in [1.82, 2.24) is 0 Å². The molecule has 0 fully saturated rings. The number of anilines is 1. The van der Waals surface area contributed by atoms with Crippen molar-refractivity contribution in [2.24, 2.45) is 0 Å².